The van der Waals surface area contributed by atoms with Crippen LogP contribution in [0.1, 0.15) is 48.0 Å². The molecular weight excluding hydrogens is 327 g/mol. The summed E-state index contributed by atoms with van der Waals surface area (Å²) >= 11 is 0. The topological polar surface area (TPSA) is 72.5 Å². The molecule has 1 unspecified atom stereocenters. The Morgan fingerprint density at radius 1 is 0.773 bits per heavy atom. The van der Waals surface area contributed by atoms with E-state index in [4.69, 9.17) is 26.8 Å². The lowest BCUT2D eigenvalue weighted by atomic mass is 10.5. The number of rotatable bonds is 14. The Morgan fingerprint density at radius 3 is 1.45 bits per heavy atom. The molecule has 0 heterocycles. The van der Waals surface area contributed by atoms with Crippen molar-refractivity contribution in [3.8, 4) is 0 Å². The summed E-state index contributed by atoms with van der Waals surface area (Å²) in [5.41, 5.74) is 0. The fourth-order valence-electron chi connectivity index (χ4n) is 1.86. The van der Waals surface area contributed by atoms with Crippen LogP contribution >= 0.6 is 7.60 Å². The first kappa shape index (κ1) is 22.2. The second-order valence-corrected chi connectivity index (χ2v) is 8.43. The lowest BCUT2D eigenvalue weighted by molar-refractivity contribution is -0.0412. The van der Waals surface area contributed by atoms with Crippen molar-refractivity contribution >= 4 is 16.6 Å². The standard InChI is InChI=1S/C13H31O7PSi/c1-7-13(21(14,15-8-2)16-9-3)20-22(17-10-4,18-11-5)19-12-6/h13H,7-12H2,1-6H3. The highest BCUT2D eigenvalue weighted by molar-refractivity contribution is 7.54. The lowest BCUT2D eigenvalue weighted by Gasteiger charge is -2.33. The zero-order chi connectivity index (χ0) is 17.1. The monoisotopic (exact) mass is 358 g/mol. The Labute approximate surface area is 135 Å². The van der Waals surface area contributed by atoms with E-state index in [2.05, 4.69) is 0 Å². The average Bonchev–Trinajstić information content (AvgIpc) is 2.46. The summed E-state index contributed by atoms with van der Waals surface area (Å²) in [5, 5.41) is 0. The molecule has 0 aliphatic rings. The minimum atomic E-state index is -3.42. The van der Waals surface area contributed by atoms with E-state index in [-0.39, 0.29) is 13.2 Å². The summed E-state index contributed by atoms with van der Waals surface area (Å²) in [6.45, 7) is 12.5. The van der Waals surface area contributed by atoms with Crippen LogP contribution in [0.5, 0.6) is 0 Å². The molecule has 0 amide bonds. The van der Waals surface area contributed by atoms with Crippen LogP contribution < -0.4 is 0 Å². The van der Waals surface area contributed by atoms with Crippen LogP contribution in [0.2, 0.25) is 0 Å². The van der Waals surface area contributed by atoms with Gasteiger partial charge in [-0.2, -0.15) is 0 Å². The molecule has 9 heteroatoms. The molecule has 7 nitrogen and oxygen atoms in total. The summed E-state index contributed by atoms with van der Waals surface area (Å²) in [4.78, 5) is 0. The van der Waals surface area contributed by atoms with Gasteiger partial charge < -0.3 is 26.8 Å². The molecule has 0 spiro atoms. The van der Waals surface area contributed by atoms with Crippen molar-refractivity contribution in [1.82, 2.24) is 0 Å². The molecule has 0 aromatic heterocycles. The van der Waals surface area contributed by atoms with Crippen molar-refractivity contribution < 1.29 is 31.3 Å². The Kier molecular flexibility index (Phi) is 11.8. The van der Waals surface area contributed by atoms with Crippen molar-refractivity contribution in [2.75, 3.05) is 33.0 Å². The van der Waals surface area contributed by atoms with E-state index in [1.54, 1.807) is 13.8 Å². The quantitative estimate of drug-likeness (QED) is 0.347. The van der Waals surface area contributed by atoms with Gasteiger partial charge in [-0.1, -0.05) is 6.92 Å². The zero-order valence-corrected chi connectivity index (χ0v) is 16.5. The third kappa shape index (κ3) is 6.76. The maximum Gasteiger partial charge on any atom is 0.680 e. The van der Waals surface area contributed by atoms with Gasteiger partial charge in [0.25, 0.3) is 0 Å². The van der Waals surface area contributed by atoms with Crippen LogP contribution in [0.4, 0.5) is 0 Å². The summed E-state index contributed by atoms with van der Waals surface area (Å²) in [6, 6.07) is 0. The van der Waals surface area contributed by atoms with Gasteiger partial charge in [0.1, 0.15) is 0 Å². The molecule has 0 fully saturated rings. The van der Waals surface area contributed by atoms with Crippen molar-refractivity contribution in [3.05, 3.63) is 0 Å². The predicted molar refractivity (Wildman–Crippen MR) is 86.7 cm³/mol. The molecule has 0 N–H and O–H groups in total. The fraction of sp³-hybridized carbons (Fsp3) is 1.00. The van der Waals surface area contributed by atoms with Crippen molar-refractivity contribution in [3.63, 3.8) is 0 Å². The predicted octanol–water partition coefficient (Wildman–Crippen LogP) is 3.55. The highest BCUT2D eigenvalue weighted by Crippen LogP contribution is 2.55. The van der Waals surface area contributed by atoms with E-state index in [0.29, 0.717) is 26.2 Å². The average molecular weight is 358 g/mol. The maximum atomic E-state index is 12.9. The van der Waals surface area contributed by atoms with Crippen LogP contribution in [0, 0.1) is 0 Å². The van der Waals surface area contributed by atoms with Gasteiger partial charge in [0, 0.05) is 19.8 Å². The smallest absolute Gasteiger partial charge is 0.351 e. The first-order valence-corrected chi connectivity index (χ1v) is 11.2. The second-order valence-electron chi connectivity index (χ2n) is 4.16. The summed E-state index contributed by atoms with van der Waals surface area (Å²) < 4.78 is 46.5. The highest BCUT2D eigenvalue weighted by atomic mass is 31.2. The van der Waals surface area contributed by atoms with E-state index in [1.807, 2.05) is 27.7 Å². The second kappa shape index (κ2) is 11.7. The van der Waals surface area contributed by atoms with Crippen molar-refractivity contribution in [2.45, 2.75) is 53.8 Å². The SMILES string of the molecule is CCO[Si](OCC)(OCC)OC(CC)P(=O)(OCC)OCC. The normalized spacial score (nSPS) is 14.3. The highest BCUT2D eigenvalue weighted by Gasteiger charge is 2.51. The third-order valence-corrected chi connectivity index (χ3v) is 7.67. The first-order chi connectivity index (χ1) is 10.5. The first-order valence-electron chi connectivity index (χ1n) is 7.95. The molecule has 0 aliphatic carbocycles. The third-order valence-electron chi connectivity index (χ3n) is 2.56. The van der Waals surface area contributed by atoms with Gasteiger partial charge in [-0.3, -0.25) is 4.57 Å². The van der Waals surface area contributed by atoms with Crippen molar-refractivity contribution in [2.24, 2.45) is 0 Å². The molecule has 1 atom stereocenters. The minimum absolute atomic E-state index is 0.267. The van der Waals surface area contributed by atoms with Gasteiger partial charge >= 0.3 is 16.6 Å². The van der Waals surface area contributed by atoms with Crippen LogP contribution in [-0.2, 0) is 31.3 Å². The van der Waals surface area contributed by atoms with Crippen LogP contribution in [0.3, 0.4) is 0 Å². The zero-order valence-electron chi connectivity index (χ0n) is 14.6. The van der Waals surface area contributed by atoms with Crippen LogP contribution in [-0.4, -0.2) is 47.9 Å². The Morgan fingerprint density at radius 2 is 1.18 bits per heavy atom. The Bertz CT molecular complexity index is 302. The molecule has 0 saturated carbocycles. The van der Waals surface area contributed by atoms with E-state index in [1.165, 1.54) is 0 Å². The van der Waals surface area contributed by atoms with E-state index >= 15 is 0 Å². The molecule has 0 aromatic rings. The molecule has 0 aromatic carbocycles. The number of hydrogen-bond acceptors (Lipinski definition) is 7. The van der Waals surface area contributed by atoms with E-state index in [9.17, 15) is 4.57 Å². The van der Waals surface area contributed by atoms with Gasteiger partial charge in [0.15, 0.2) is 5.85 Å². The maximum absolute atomic E-state index is 12.9. The molecular formula is C13H31O7PSi. The lowest BCUT2D eigenvalue weighted by Crippen LogP contribution is -2.51. The van der Waals surface area contributed by atoms with Gasteiger partial charge in [0.05, 0.1) is 13.2 Å². The largest absolute Gasteiger partial charge is 0.680 e. The van der Waals surface area contributed by atoms with Gasteiger partial charge in [-0.05, 0) is 41.0 Å². The van der Waals surface area contributed by atoms with Crippen LogP contribution in [0.15, 0.2) is 0 Å². The Hall–Kier alpha value is 0.207. The van der Waals surface area contributed by atoms with E-state index in [0.717, 1.165) is 0 Å². The molecule has 134 valence electrons. The number of hydrogen-bond donors (Lipinski definition) is 0. The minimum Gasteiger partial charge on any atom is -0.351 e. The van der Waals surface area contributed by atoms with Gasteiger partial charge in [-0.15, -0.1) is 0 Å². The summed E-state index contributed by atoms with van der Waals surface area (Å²) in [5.74, 6) is -0.788. The summed E-state index contributed by atoms with van der Waals surface area (Å²) in [7, 11) is -6.80. The Balaban J connectivity index is 5.35. The van der Waals surface area contributed by atoms with Gasteiger partial charge in [-0.25, -0.2) is 0 Å². The molecule has 0 radical (unpaired) electrons. The molecule has 0 aliphatic heterocycles. The van der Waals surface area contributed by atoms with E-state index < -0.39 is 22.5 Å². The molecule has 0 saturated heterocycles. The summed E-state index contributed by atoms with van der Waals surface area (Å²) in [6.07, 6.45) is 0.430. The molecule has 22 heavy (non-hydrogen) atoms. The van der Waals surface area contributed by atoms with Crippen LogP contribution in [0.25, 0.3) is 0 Å². The van der Waals surface area contributed by atoms with Gasteiger partial charge in [0.2, 0.25) is 0 Å². The molecule has 0 rings (SSSR count). The fourth-order valence-corrected chi connectivity index (χ4v) is 6.35. The molecule has 0 bridgehead atoms. The van der Waals surface area contributed by atoms with Crippen molar-refractivity contribution in [1.29, 1.82) is 0 Å².